The van der Waals surface area contributed by atoms with Crippen LogP contribution in [-0.4, -0.2) is 5.78 Å². The molecule has 1 fully saturated rings. The van der Waals surface area contributed by atoms with Crippen LogP contribution in [0, 0.1) is 5.41 Å². The second kappa shape index (κ2) is 6.54. The minimum absolute atomic E-state index is 0.224. The van der Waals surface area contributed by atoms with Crippen molar-refractivity contribution in [3.8, 4) is 0 Å². The Labute approximate surface area is 170 Å². The van der Waals surface area contributed by atoms with Crippen LogP contribution in [0.2, 0.25) is 10.0 Å². The first kappa shape index (κ1) is 18.3. The molecule has 0 amide bonds. The molecule has 27 heavy (non-hydrogen) atoms. The van der Waals surface area contributed by atoms with E-state index in [2.05, 4.69) is 18.4 Å². The molecule has 1 unspecified atom stereocenters. The molecule has 1 atom stereocenters. The lowest BCUT2D eigenvalue weighted by Gasteiger charge is -2.30. The molecule has 0 radical (unpaired) electrons. The molecular weight excluding hydrogens is 377 g/mol. The van der Waals surface area contributed by atoms with Gasteiger partial charge in [0.25, 0.3) is 0 Å². The van der Waals surface area contributed by atoms with E-state index in [4.69, 9.17) is 23.2 Å². The first-order valence-electron chi connectivity index (χ1n) is 9.07. The van der Waals surface area contributed by atoms with Crippen LogP contribution < -0.4 is 4.90 Å². The van der Waals surface area contributed by atoms with Gasteiger partial charge in [-0.1, -0.05) is 54.9 Å². The van der Waals surface area contributed by atoms with Crippen molar-refractivity contribution in [2.45, 2.75) is 32.7 Å². The Kier molecular flexibility index (Phi) is 4.44. The fraction of sp³-hybridized carbons (Fsp3) is 0.261. The van der Waals surface area contributed by atoms with Crippen molar-refractivity contribution in [3.05, 3.63) is 87.6 Å². The van der Waals surface area contributed by atoms with Crippen molar-refractivity contribution in [3.63, 3.8) is 0 Å². The molecule has 0 saturated heterocycles. The average molecular weight is 398 g/mol. The molecule has 1 aliphatic carbocycles. The van der Waals surface area contributed by atoms with E-state index in [1.807, 2.05) is 55.5 Å². The summed E-state index contributed by atoms with van der Waals surface area (Å²) < 4.78 is 0. The van der Waals surface area contributed by atoms with Crippen LogP contribution in [-0.2, 0) is 4.79 Å². The monoisotopic (exact) mass is 397 g/mol. The molecule has 0 aromatic heterocycles. The Morgan fingerprint density at radius 3 is 2.37 bits per heavy atom. The minimum atomic E-state index is -0.244. The van der Waals surface area contributed by atoms with Crippen molar-refractivity contribution >= 4 is 34.7 Å². The zero-order valence-electron chi connectivity index (χ0n) is 15.4. The Bertz CT molecular complexity index is 970. The summed E-state index contributed by atoms with van der Waals surface area (Å²) in [6, 6.07) is 15.2. The number of hydrogen-bond donors (Lipinski definition) is 0. The van der Waals surface area contributed by atoms with Gasteiger partial charge in [0.1, 0.15) is 0 Å². The number of carbonyl (C=O) groups excluding carboxylic acids is 1. The number of carbonyl (C=O) groups is 1. The Balaban J connectivity index is 1.88. The van der Waals surface area contributed by atoms with E-state index < -0.39 is 0 Å². The van der Waals surface area contributed by atoms with Crippen molar-refractivity contribution in [1.29, 1.82) is 0 Å². The maximum Gasteiger partial charge on any atom is 0.167 e. The highest BCUT2D eigenvalue weighted by atomic mass is 35.5. The predicted molar refractivity (Wildman–Crippen MR) is 112 cm³/mol. The fourth-order valence-corrected chi connectivity index (χ4v) is 4.06. The quantitative estimate of drug-likeness (QED) is 0.568. The molecule has 4 rings (SSSR count). The zero-order chi connectivity index (χ0) is 19.3. The van der Waals surface area contributed by atoms with Crippen molar-refractivity contribution < 1.29 is 4.79 Å². The third-order valence-electron chi connectivity index (χ3n) is 5.72. The lowest BCUT2D eigenvalue weighted by atomic mass is 9.87. The number of benzene rings is 2. The van der Waals surface area contributed by atoms with Gasteiger partial charge in [-0.05, 0) is 61.2 Å². The van der Waals surface area contributed by atoms with E-state index in [-0.39, 0.29) is 17.2 Å². The van der Waals surface area contributed by atoms with Crippen LogP contribution in [0.4, 0.5) is 5.69 Å². The lowest BCUT2D eigenvalue weighted by molar-refractivity contribution is -0.120. The second-order valence-electron chi connectivity index (χ2n) is 7.68. The molecular formula is C23H21Cl2NO. The van der Waals surface area contributed by atoms with Crippen molar-refractivity contribution in [2.75, 3.05) is 4.90 Å². The molecule has 1 heterocycles. The molecule has 0 N–H and O–H groups in total. The Hall–Kier alpha value is -2.03. The number of rotatable bonds is 4. The summed E-state index contributed by atoms with van der Waals surface area (Å²) >= 11 is 12.4. The standard InChI is InChI=1S/C23H21Cl2NO/c1-14-15(2)26(19-6-4-5-18(25)13-19)21(16-7-9-17(24)10-8-16)20(14)22(27)23(3)11-12-23/h4-10,13,21H,2,11-12H2,1,3H3. The maximum atomic E-state index is 13.4. The Morgan fingerprint density at radius 1 is 1.11 bits per heavy atom. The van der Waals surface area contributed by atoms with Crippen LogP contribution in [0.1, 0.15) is 38.3 Å². The second-order valence-corrected chi connectivity index (χ2v) is 8.55. The normalized spacial score (nSPS) is 21.0. The summed E-state index contributed by atoms with van der Waals surface area (Å²) in [4.78, 5) is 15.5. The highest BCUT2D eigenvalue weighted by Gasteiger charge is 2.50. The van der Waals surface area contributed by atoms with Gasteiger partial charge >= 0.3 is 0 Å². The summed E-state index contributed by atoms with van der Waals surface area (Å²) in [6.45, 7) is 8.35. The van der Waals surface area contributed by atoms with Crippen LogP contribution in [0.15, 0.2) is 72.0 Å². The van der Waals surface area contributed by atoms with E-state index in [0.717, 1.165) is 40.9 Å². The summed E-state index contributed by atoms with van der Waals surface area (Å²) in [6.07, 6.45) is 1.89. The van der Waals surface area contributed by atoms with E-state index in [1.165, 1.54) is 0 Å². The van der Waals surface area contributed by atoms with Gasteiger partial charge in [-0.3, -0.25) is 4.79 Å². The summed E-state index contributed by atoms with van der Waals surface area (Å²) in [5, 5.41) is 1.33. The van der Waals surface area contributed by atoms with E-state index in [0.29, 0.717) is 10.0 Å². The summed E-state index contributed by atoms with van der Waals surface area (Å²) in [7, 11) is 0. The molecule has 2 aromatic rings. The molecule has 4 heteroatoms. The van der Waals surface area contributed by atoms with Gasteiger partial charge in [-0.15, -0.1) is 0 Å². The lowest BCUT2D eigenvalue weighted by Crippen LogP contribution is -2.27. The van der Waals surface area contributed by atoms with E-state index in [9.17, 15) is 4.79 Å². The van der Waals surface area contributed by atoms with Gasteiger partial charge in [0.15, 0.2) is 5.78 Å². The smallest absolute Gasteiger partial charge is 0.167 e. The third kappa shape index (κ3) is 3.11. The number of anilines is 1. The molecule has 2 aromatic carbocycles. The number of ketones is 1. The number of halogens is 2. The molecule has 2 nitrogen and oxygen atoms in total. The Morgan fingerprint density at radius 2 is 1.78 bits per heavy atom. The van der Waals surface area contributed by atoms with Crippen molar-refractivity contribution in [2.24, 2.45) is 5.41 Å². The van der Waals surface area contributed by atoms with Gasteiger partial charge in [0.05, 0.1) is 6.04 Å². The number of allylic oxidation sites excluding steroid dienone is 1. The molecule has 138 valence electrons. The van der Waals surface area contributed by atoms with Gasteiger partial charge in [-0.25, -0.2) is 0 Å². The highest BCUT2D eigenvalue weighted by Crippen LogP contribution is 2.54. The number of Topliss-reactive ketones (excluding diaryl/α,β-unsaturated/α-hetero) is 1. The molecule has 1 saturated carbocycles. The average Bonchev–Trinajstić information content (AvgIpc) is 3.34. The first-order chi connectivity index (χ1) is 12.8. The van der Waals surface area contributed by atoms with Crippen LogP contribution in [0.5, 0.6) is 0 Å². The molecule has 0 bridgehead atoms. The zero-order valence-corrected chi connectivity index (χ0v) is 16.9. The fourth-order valence-electron chi connectivity index (χ4n) is 3.75. The SMILES string of the molecule is C=C1C(C)=C(C(=O)C2(C)CC2)C(c2ccc(Cl)cc2)N1c1cccc(Cl)c1. The van der Waals surface area contributed by atoms with Gasteiger partial charge < -0.3 is 4.90 Å². The van der Waals surface area contributed by atoms with E-state index in [1.54, 1.807) is 0 Å². The number of nitrogens with zero attached hydrogens (tertiary/aromatic N) is 1. The van der Waals surface area contributed by atoms with Gasteiger partial charge in [-0.2, -0.15) is 0 Å². The van der Waals surface area contributed by atoms with Crippen molar-refractivity contribution in [1.82, 2.24) is 0 Å². The maximum absolute atomic E-state index is 13.4. The first-order valence-corrected chi connectivity index (χ1v) is 9.82. The van der Waals surface area contributed by atoms with Gasteiger partial charge in [0, 0.05) is 32.4 Å². The van der Waals surface area contributed by atoms with E-state index >= 15 is 0 Å². The van der Waals surface area contributed by atoms with Crippen LogP contribution >= 0.6 is 23.2 Å². The highest BCUT2D eigenvalue weighted by molar-refractivity contribution is 6.31. The van der Waals surface area contributed by atoms with Crippen LogP contribution in [0.3, 0.4) is 0 Å². The number of hydrogen-bond acceptors (Lipinski definition) is 2. The topological polar surface area (TPSA) is 20.3 Å². The summed E-state index contributed by atoms with van der Waals surface area (Å²) in [5.74, 6) is 0.227. The molecule has 0 spiro atoms. The molecule has 1 aliphatic heterocycles. The largest absolute Gasteiger partial charge is 0.330 e. The van der Waals surface area contributed by atoms with Gasteiger partial charge in [0.2, 0.25) is 0 Å². The summed E-state index contributed by atoms with van der Waals surface area (Å²) in [5.41, 5.74) is 4.33. The van der Waals surface area contributed by atoms with Crippen LogP contribution in [0.25, 0.3) is 0 Å². The molecule has 2 aliphatic rings. The minimum Gasteiger partial charge on any atom is -0.330 e. The third-order valence-corrected chi connectivity index (χ3v) is 6.21. The predicted octanol–water partition coefficient (Wildman–Crippen LogP) is 6.75.